The number of aromatic carboxylic acids is 1. The lowest BCUT2D eigenvalue weighted by Crippen LogP contribution is -2.36. The first-order valence-corrected chi connectivity index (χ1v) is 7.42. The van der Waals surface area contributed by atoms with E-state index in [1.807, 2.05) is 30.3 Å². The van der Waals surface area contributed by atoms with E-state index in [1.165, 1.54) is 5.01 Å². The summed E-state index contributed by atoms with van der Waals surface area (Å²) in [5.74, 6) is 10.3. The number of carboxylic acid groups (broad SMARTS) is 1. The van der Waals surface area contributed by atoms with Gasteiger partial charge in [0.2, 0.25) is 5.17 Å². The molecule has 2 rings (SSSR count). The van der Waals surface area contributed by atoms with E-state index < -0.39 is 5.97 Å². The lowest BCUT2D eigenvalue weighted by molar-refractivity contribution is 0.0701. The number of anilines is 1. The number of benzene rings is 1. The standard InChI is InChI=1S/C12H13N5O2S2/c1-7-9(10(18)19)20-12(15-7)21-11(16-13)17(14)8-5-3-2-4-6-8/h2-6H,13-14H2,1H3,(H,18,19)/b16-11+. The molecule has 2 aromatic rings. The van der Waals surface area contributed by atoms with Crippen molar-refractivity contribution in [3.63, 3.8) is 0 Å². The minimum Gasteiger partial charge on any atom is -0.477 e. The van der Waals surface area contributed by atoms with Crippen molar-refractivity contribution in [3.8, 4) is 0 Å². The maximum absolute atomic E-state index is 11.0. The molecule has 1 aromatic heterocycles. The Morgan fingerprint density at radius 2 is 2.10 bits per heavy atom. The molecule has 1 aromatic carbocycles. The smallest absolute Gasteiger partial charge is 0.347 e. The number of carbonyl (C=O) groups is 1. The van der Waals surface area contributed by atoms with Crippen LogP contribution in [-0.2, 0) is 0 Å². The highest BCUT2D eigenvalue weighted by atomic mass is 32.2. The quantitative estimate of drug-likeness (QED) is 0.259. The van der Waals surface area contributed by atoms with Crippen LogP contribution in [-0.4, -0.2) is 21.2 Å². The van der Waals surface area contributed by atoms with E-state index in [9.17, 15) is 4.79 Å². The Labute approximate surface area is 129 Å². The molecule has 1 heterocycles. The van der Waals surface area contributed by atoms with Gasteiger partial charge >= 0.3 is 5.97 Å². The van der Waals surface area contributed by atoms with Crippen molar-refractivity contribution in [2.24, 2.45) is 16.8 Å². The number of rotatable bonds is 3. The molecule has 21 heavy (non-hydrogen) atoms. The third-order valence-electron chi connectivity index (χ3n) is 2.50. The van der Waals surface area contributed by atoms with Crippen LogP contribution < -0.4 is 16.7 Å². The molecule has 0 saturated heterocycles. The lowest BCUT2D eigenvalue weighted by Gasteiger charge is -2.18. The highest BCUT2D eigenvalue weighted by Gasteiger charge is 2.18. The molecule has 0 aliphatic carbocycles. The van der Waals surface area contributed by atoms with Crippen LogP contribution in [0.3, 0.4) is 0 Å². The summed E-state index contributed by atoms with van der Waals surface area (Å²) in [6.45, 7) is 1.64. The summed E-state index contributed by atoms with van der Waals surface area (Å²) in [5, 5.41) is 14.3. The van der Waals surface area contributed by atoms with Gasteiger partial charge < -0.3 is 10.9 Å². The topological polar surface area (TPSA) is 118 Å². The molecule has 9 heteroatoms. The Hall–Kier alpha value is -2.10. The van der Waals surface area contributed by atoms with E-state index in [4.69, 9.17) is 16.8 Å². The fourth-order valence-corrected chi connectivity index (χ4v) is 3.40. The normalized spacial score (nSPS) is 11.4. The summed E-state index contributed by atoms with van der Waals surface area (Å²) in [6.07, 6.45) is 0. The third-order valence-corrected chi connectivity index (χ3v) is 4.69. The number of para-hydroxylation sites is 1. The summed E-state index contributed by atoms with van der Waals surface area (Å²) in [5.41, 5.74) is 1.16. The van der Waals surface area contributed by atoms with E-state index in [1.54, 1.807) is 6.92 Å². The van der Waals surface area contributed by atoms with Crippen molar-refractivity contribution in [2.45, 2.75) is 11.3 Å². The van der Waals surface area contributed by atoms with Gasteiger partial charge in [-0.15, -0.1) is 0 Å². The molecule has 0 saturated carbocycles. The van der Waals surface area contributed by atoms with Crippen LogP contribution in [0.4, 0.5) is 5.69 Å². The summed E-state index contributed by atoms with van der Waals surface area (Å²) in [4.78, 5) is 15.4. The van der Waals surface area contributed by atoms with Crippen LogP contribution in [0.5, 0.6) is 0 Å². The first-order chi connectivity index (χ1) is 10.0. The van der Waals surface area contributed by atoms with Gasteiger partial charge in [-0.2, -0.15) is 5.10 Å². The molecule has 0 aliphatic heterocycles. The van der Waals surface area contributed by atoms with Crippen molar-refractivity contribution < 1.29 is 9.90 Å². The van der Waals surface area contributed by atoms with Crippen molar-refractivity contribution >= 4 is 39.9 Å². The van der Waals surface area contributed by atoms with Crippen LogP contribution in [0.15, 0.2) is 39.8 Å². The van der Waals surface area contributed by atoms with Gasteiger partial charge in [0, 0.05) is 0 Å². The Morgan fingerprint density at radius 3 is 2.62 bits per heavy atom. The van der Waals surface area contributed by atoms with Gasteiger partial charge in [-0.3, -0.25) is 5.01 Å². The highest BCUT2D eigenvalue weighted by molar-refractivity contribution is 8.15. The Bertz CT molecular complexity index is 672. The second kappa shape index (κ2) is 6.57. The number of aryl methyl sites for hydroxylation is 1. The molecule has 0 unspecified atom stereocenters. The van der Waals surface area contributed by atoms with Crippen molar-refractivity contribution in [1.29, 1.82) is 0 Å². The second-order valence-electron chi connectivity index (χ2n) is 3.92. The van der Waals surface area contributed by atoms with Crippen LogP contribution in [0.2, 0.25) is 0 Å². The SMILES string of the molecule is Cc1nc(S/C(=N/N)N(N)c2ccccc2)sc1C(=O)O. The molecule has 7 nitrogen and oxygen atoms in total. The van der Waals surface area contributed by atoms with Gasteiger partial charge in [0.15, 0.2) is 4.34 Å². The number of hydrazine groups is 1. The fraction of sp³-hybridized carbons (Fsp3) is 0.0833. The zero-order chi connectivity index (χ0) is 15.4. The van der Waals surface area contributed by atoms with E-state index in [-0.39, 0.29) is 4.88 Å². The Kier molecular flexibility index (Phi) is 4.78. The molecule has 110 valence electrons. The van der Waals surface area contributed by atoms with E-state index in [0.29, 0.717) is 20.9 Å². The zero-order valence-electron chi connectivity index (χ0n) is 11.1. The maximum atomic E-state index is 11.0. The van der Waals surface area contributed by atoms with Gasteiger partial charge in [-0.25, -0.2) is 15.6 Å². The minimum absolute atomic E-state index is 0.192. The molecule has 0 fully saturated rings. The van der Waals surface area contributed by atoms with E-state index in [0.717, 1.165) is 23.1 Å². The Morgan fingerprint density at radius 1 is 1.43 bits per heavy atom. The first-order valence-electron chi connectivity index (χ1n) is 5.79. The molecular weight excluding hydrogens is 310 g/mol. The number of hydrazone groups is 1. The molecule has 0 spiro atoms. The van der Waals surface area contributed by atoms with Crippen molar-refractivity contribution in [1.82, 2.24) is 4.98 Å². The molecular formula is C12H13N5O2S2. The second-order valence-corrected chi connectivity index (χ2v) is 6.13. The molecule has 0 radical (unpaired) electrons. The number of hydrogen-bond donors (Lipinski definition) is 3. The predicted molar refractivity (Wildman–Crippen MR) is 84.4 cm³/mol. The number of thiazole rings is 1. The van der Waals surface area contributed by atoms with Gasteiger partial charge in [-0.1, -0.05) is 29.5 Å². The molecule has 0 atom stereocenters. The maximum Gasteiger partial charge on any atom is 0.347 e. The number of aromatic nitrogens is 1. The lowest BCUT2D eigenvalue weighted by atomic mass is 10.3. The third kappa shape index (κ3) is 3.51. The number of carboxylic acids is 1. The Balaban J connectivity index is 2.20. The van der Waals surface area contributed by atoms with Crippen molar-refractivity contribution in [2.75, 3.05) is 5.01 Å². The summed E-state index contributed by atoms with van der Waals surface area (Å²) in [6, 6.07) is 9.16. The average Bonchev–Trinajstić information content (AvgIpc) is 2.86. The van der Waals surface area contributed by atoms with Gasteiger partial charge in [0.25, 0.3) is 0 Å². The monoisotopic (exact) mass is 323 g/mol. The first kappa shape index (κ1) is 15.3. The summed E-state index contributed by atoms with van der Waals surface area (Å²) < 4.78 is 0.514. The fourth-order valence-electron chi connectivity index (χ4n) is 1.53. The molecule has 5 N–H and O–H groups in total. The van der Waals surface area contributed by atoms with Crippen LogP contribution in [0.25, 0.3) is 0 Å². The summed E-state index contributed by atoms with van der Waals surface area (Å²) >= 11 is 2.17. The zero-order valence-corrected chi connectivity index (χ0v) is 12.7. The highest BCUT2D eigenvalue weighted by Crippen LogP contribution is 2.29. The van der Waals surface area contributed by atoms with E-state index >= 15 is 0 Å². The van der Waals surface area contributed by atoms with Crippen LogP contribution in [0.1, 0.15) is 15.4 Å². The minimum atomic E-state index is -1.00. The number of hydrogen-bond acceptors (Lipinski definition) is 7. The molecule has 0 aliphatic rings. The van der Waals surface area contributed by atoms with Crippen LogP contribution >= 0.6 is 23.1 Å². The number of nitrogens with two attached hydrogens (primary N) is 2. The summed E-state index contributed by atoms with van der Waals surface area (Å²) in [7, 11) is 0. The van der Waals surface area contributed by atoms with Gasteiger partial charge in [0.1, 0.15) is 4.88 Å². The molecule has 0 bridgehead atoms. The van der Waals surface area contributed by atoms with Gasteiger partial charge in [-0.05, 0) is 30.8 Å². The van der Waals surface area contributed by atoms with E-state index in [2.05, 4.69) is 10.1 Å². The molecule has 0 amide bonds. The van der Waals surface area contributed by atoms with Crippen LogP contribution in [0, 0.1) is 6.92 Å². The number of nitrogens with zero attached hydrogens (tertiary/aromatic N) is 3. The number of amidine groups is 1. The largest absolute Gasteiger partial charge is 0.477 e. The predicted octanol–water partition coefficient (Wildman–Crippen LogP) is 1.85. The van der Waals surface area contributed by atoms with Gasteiger partial charge in [0.05, 0.1) is 11.4 Å². The van der Waals surface area contributed by atoms with Crippen molar-refractivity contribution in [3.05, 3.63) is 40.9 Å². The average molecular weight is 323 g/mol. The number of thioether (sulfide) groups is 1.